The first-order valence-electron chi connectivity index (χ1n) is 11.4. The molecule has 3 unspecified atom stereocenters. The van der Waals surface area contributed by atoms with E-state index in [2.05, 4.69) is 30.3 Å². The minimum absolute atomic E-state index is 0.0121. The summed E-state index contributed by atoms with van der Waals surface area (Å²) in [5.74, 6) is 1.95. The van der Waals surface area contributed by atoms with Gasteiger partial charge in [0.1, 0.15) is 12.1 Å². The van der Waals surface area contributed by atoms with Crippen molar-refractivity contribution < 1.29 is 9.53 Å². The molecule has 0 aromatic heterocycles. The van der Waals surface area contributed by atoms with Gasteiger partial charge in [-0.15, -0.1) is 0 Å². The van der Waals surface area contributed by atoms with Crippen molar-refractivity contribution in [2.75, 3.05) is 0 Å². The zero-order valence-electron chi connectivity index (χ0n) is 18.0. The van der Waals surface area contributed by atoms with E-state index >= 15 is 0 Å². The van der Waals surface area contributed by atoms with Crippen molar-refractivity contribution in [3.63, 3.8) is 0 Å². The highest BCUT2D eigenvalue weighted by Gasteiger charge is 2.65. The fraction of sp³-hybridized carbons (Fsp3) is 0.720. The van der Waals surface area contributed by atoms with Crippen LogP contribution in [-0.2, 0) is 22.5 Å². The predicted molar refractivity (Wildman–Crippen MR) is 112 cm³/mol. The second-order valence-corrected chi connectivity index (χ2v) is 11.0. The number of nitrogens with zero attached hydrogens (tertiary/aromatic N) is 1. The van der Waals surface area contributed by atoms with Crippen LogP contribution >= 0.6 is 0 Å². The quantitative estimate of drug-likeness (QED) is 0.462. The molecule has 0 radical (unpaired) electrons. The first-order valence-corrected chi connectivity index (χ1v) is 11.4. The molecule has 3 fully saturated rings. The SMILES string of the molecule is CC1(C)CC[C@@]2(CCC3C4CCc5cc(CN=O)ccc5C4CC[C@@]32C)OC1=O. The maximum atomic E-state index is 12.8. The van der Waals surface area contributed by atoms with Crippen LogP contribution in [0.5, 0.6) is 0 Å². The Morgan fingerprint density at radius 2 is 1.90 bits per heavy atom. The number of carbonyl (C=O) groups is 1. The second-order valence-electron chi connectivity index (χ2n) is 11.0. The van der Waals surface area contributed by atoms with Gasteiger partial charge in [0, 0.05) is 5.41 Å². The average molecular weight is 396 g/mol. The Morgan fingerprint density at radius 1 is 1.07 bits per heavy atom. The minimum atomic E-state index is -0.339. The van der Waals surface area contributed by atoms with Crippen molar-refractivity contribution in [1.29, 1.82) is 0 Å². The fourth-order valence-electron chi connectivity index (χ4n) is 7.46. The molecule has 156 valence electrons. The van der Waals surface area contributed by atoms with Gasteiger partial charge in [-0.25, -0.2) is 0 Å². The van der Waals surface area contributed by atoms with Crippen molar-refractivity contribution in [1.82, 2.24) is 0 Å². The van der Waals surface area contributed by atoms with Crippen LogP contribution in [0.4, 0.5) is 0 Å². The Balaban J connectivity index is 1.44. The molecule has 0 N–H and O–H groups in total. The molecular formula is C25H33NO3. The largest absolute Gasteiger partial charge is 0.458 e. The molecule has 1 spiro atoms. The van der Waals surface area contributed by atoms with E-state index in [9.17, 15) is 9.70 Å². The Kier molecular flexibility index (Phi) is 4.25. The second kappa shape index (κ2) is 6.39. The lowest BCUT2D eigenvalue weighted by molar-refractivity contribution is -0.206. The first-order chi connectivity index (χ1) is 13.8. The van der Waals surface area contributed by atoms with Gasteiger partial charge in [0.2, 0.25) is 0 Å². The van der Waals surface area contributed by atoms with E-state index in [1.807, 2.05) is 13.8 Å². The van der Waals surface area contributed by atoms with Crippen molar-refractivity contribution in [3.8, 4) is 0 Å². The molecule has 4 nitrogen and oxygen atoms in total. The number of hydrogen-bond acceptors (Lipinski definition) is 4. The van der Waals surface area contributed by atoms with Crippen LogP contribution in [0.25, 0.3) is 0 Å². The van der Waals surface area contributed by atoms with E-state index in [1.54, 1.807) is 0 Å². The summed E-state index contributed by atoms with van der Waals surface area (Å²) in [6.07, 6.45) is 8.82. The summed E-state index contributed by atoms with van der Waals surface area (Å²) in [4.78, 5) is 23.4. The minimum Gasteiger partial charge on any atom is -0.458 e. The van der Waals surface area contributed by atoms with Gasteiger partial charge in [0.15, 0.2) is 0 Å². The molecule has 1 aromatic rings. The van der Waals surface area contributed by atoms with Gasteiger partial charge in [-0.05, 0) is 99.7 Å². The Hall–Kier alpha value is -1.71. The predicted octanol–water partition coefficient (Wildman–Crippen LogP) is 5.91. The molecule has 1 aliphatic heterocycles. The van der Waals surface area contributed by atoms with Gasteiger partial charge in [0.05, 0.1) is 5.41 Å². The maximum Gasteiger partial charge on any atom is 0.312 e. The molecular weight excluding hydrogens is 362 g/mol. The molecule has 29 heavy (non-hydrogen) atoms. The van der Waals surface area contributed by atoms with Gasteiger partial charge in [-0.2, -0.15) is 4.91 Å². The van der Waals surface area contributed by atoms with E-state index in [0.29, 0.717) is 17.8 Å². The molecule has 3 aliphatic carbocycles. The number of rotatable bonds is 2. The third kappa shape index (κ3) is 2.67. The van der Waals surface area contributed by atoms with E-state index in [1.165, 1.54) is 30.4 Å². The molecule has 0 amide bonds. The van der Waals surface area contributed by atoms with E-state index in [0.717, 1.165) is 37.7 Å². The van der Waals surface area contributed by atoms with Crippen LogP contribution in [0.1, 0.15) is 88.3 Å². The molecule has 4 aliphatic rings. The first kappa shape index (κ1) is 19.3. The van der Waals surface area contributed by atoms with Crippen molar-refractivity contribution >= 4 is 5.97 Å². The Bertz CT molecular complexity index is 862. The summed E-state index contributed by atoms with van der Waals surface area (Å²) >= 11 is 0. The third-order valence-corrected chi connectivity index (χ3v) is 9.32. The van der Waals surface area contributed by atoms with Gasteiger partial charge >= 0.3 is 5.97 Å². The van der Waals surface area contributed by atoms with Gasteiger partial charge in [-0.3, -0.25) is 4.79 Å². The zero-order valence-corrected chi connectivity index (χ0v) is 18.0. The number of carbonyl (C=O) groups excluding carboxylic acids is 1. The lowest BCUT2D eigenvalue weighted by Crippen LogP contribution is -2.56. The Morgan fingerprint density at radius 3 is 2.66 bits per heavy atom. The normalized spacial score (nSPS) is 40.0. The van der Waals surface area contributed by atoms with E-state index < -0.39 is 0 Å². The zero-order chi connectivity index (χ0) is 20.4. The van der Waals surface area contributed by atoms with Crippen molar-refractivity contribution in [2.45, 2.75) is 90.2 Å². The fourth-order valence-corrected chi connectivity index (χ4v) is 7.46. The molecule has 1 heterocycles. The van der Waals surface area contributed by atoms with E-state index in [4.69, 9.17) is 4.74 Å². The highest BCUT2D eigenvalue weighted by Crippen LogP contribution is 2.67. The summed E-state index contributed by atoms with van der Waals surface area (Å²) in [6, 6.07) is 6.57. The summed E-state index contributed by atoms with van der Waals surface area (Å²) in [5, 5.41) is 3.06. The maximum absolute atomic E-state index is 12.8. The molecule has 4 heteroatoms. The number of ether oxygens (including phenoxy) is 1. The summed E-state index contributed by atoms with van der Waals surface area (Å²) < 4.78 is 6.34. The number of benzene rings is 1. The van der Waals surface area contributed by atoms with Crippen molar-refractivity contribution in [2.24, 2.45) is 27.8 Å². The number of hydrogen-bond donors (Lipinski definition) is 0. The van der Waals surface area contributed by atoms with Crippen LogP contribution in [0.3, 0.4) is 0 Å². The molecule has 1 aromatic carbocycles. The van der Waals surface area contributed by atoms with Crippen LogP contribution < -0.4 is 0 Å². The van der Waals surface area contributed by atoms with Crippen LogP contribution in [0.2, 0.25) is 0 Å². The number of esters is 1. The molecule has 1 saturated heterocycles. The monoisotopic (exact) mass is 395 g/mol. The third-order valence-electron chi connectivity index (χ3n) is 9.32. The smallest absolute Gasteiger partial charge is 0.312 e. The molecule has 2 saturated carbocycles. The number of fused-ring (bicyclic) bond motifs is 6. The molecule has 0 bridgehead atoms. The average Bonchev–Trinajstić information content (AvgIpc) is 2.98. The van der Waals surface area contributed by atoms with Crippen LogP contribution in [0.15, 0.2) is 23.4 Å². The topological polar surface area (TPSA) is 55.7 Å². The standard InChI is InChI=1S/C25H33NO3/c1-23(2)12-13-25(29-22(23)27)11-9-21-20-7-5-17-14-16(15-26-28)4-6-18(17)19(20)8-10-24(21,25)3/h4,6,14,19-21H,5,7-13,15H2,1-3H3/t19?,20?,21?,24-,25+/m0/s1. The van der Waals surface area contributed by atoms with Gasteiger partial charge < -0.3 is 4.74 Å². The molecule has 5 rings (SSSR count). The highest BCUT2D eigenvalue weighted by molar-refractivity contribution is 5.77. The number of aryl methyl sites for hydroxylation is 1. The van der Waals surface area contributed by atoms with Crippen LogP contribution in [0, 0.1) is 27.6 Å². The number of nitroso groups, excluding NO2 is 1. The highest BCUT2D eigenvalue weighted by atomic mass is 16.6. The van der Waals surface area contributed by atoms with E-state index in [-0.39, 0.29) is 28.9 Å². The lowest BCUT2D eigenvalue weighted by atomic mass is 9.52. The van der Waals surface area contributed by atoms with Gasteiger partial charge in [0.25, 0.3) is 0 Å². The Labute approximate surface area is 173 Å². The summed E-state index contributed by atoms with van der Waals surface area (Å²) in [6.45, 7) is 6.76. The molecule has 5 atom stereocenters. The van der Waals surface area contributed by atoms with Crippen molar-refractivity contribution in [3.05, 3.63) is 39.8 Å². The lowest BCUT2D eigenvalue weighted by Gasteiger charge is -2.56. The summed E-state index contributed by atoms with van der Waals surface area (Å²) in [5.41, 5.74) is 3.49. The van der Waals surface area contributed by atoms with Crippen LogP contribution in [-0.4, -0.2) is 11.6 Å². The summed E-state index contributed by atoms with van der Waals surface area (Å²) in [7, 11) is 0. The van der Waals surface area contributed by atoms with Gasteiger partial charge in [-0.1, -0.05) is 30.3 Å².